The van der Waals surface area contributed by atoms with Crippen LogP contribution in [0.1, 0.15) is 26.7 Å². The van der Waals surface area contributed by atoms with Gasteiger partial charge in [-0.05, 0) is 0 Å². The fourth-order valence-corrected chi connectivity index (χ4v) is 0.801. The molecule has 0 saturated carbocycles. The maximum Gasteiger partial charge on any atom is 0.335 e. The van der Waals surface area contributed by atoms with E-state index in [2.05, 4.69) is 14.2 Å². The SMILES string of the molecule is CC.COC(=O)C[C@H](O)C(=O)OC.COC(=O)C[C@H](O)CO.[B]. The average Bonchev–Trinajstić information content (AvgIpc) is 2.55. The Morgan fingerprint density at radius 1 is 0.870 bits per heavy atom. The number of esters is 3. The Kier molecular flexibility index (Phi) is 26.0. The number of ether oxygens (including phenoxy) is 3. The van der Waals surface area contributed by atoms with E-state index in [0.29, 0.717) is 0 Å². The summed E-state index contributed by atoms with van der Waals surface area (Å²) in [6.45, 7) is 3.59. The van der Waals surface area contributed by atoms with Gasteiger partial charge in [0.1, 0.15) is 0 Å². The van der Waals surface area contributed by atoms with Crippen molar-refractivity contribution in [1.82, 2.24) is 0 Å². The zero-order chi connectivity index (χ0) is 18.1. The van der Waals surface area contributed by atoms with Crippen molar-refractivity contribution in [3.63, 3.8) is 0 Å². The van der Waals surface area contributed by atoms with E-state index in [1.165, 1.54) is 14.2 Å². The van der Waals surface area contributed by atoms with Crippen molar-refractivity contribution >= 4 is 26.3 Å². The van der Waals surface area contributed by atoms with Crippen LogP contribution in [0.15, 0.2) is 0 Å². The van der Waals surface area contributed by atoms with E-state index in [-0.39, 0.29) is 21.3 Å². The molecule has 0 aliphatic rings. The summed E-state index contributed by atoms with van der Waals surface area (Å²) in [6.07, 6.45) is -2.93. The summed E-state index contributed by atoms with van der Waals surface area (Å²) in [5, 5.41) is 25.7. The number of aliphatic hydroxyl groups excluding tert-OH is 3. The zero-order valence-electron chi connectivity index (χ0n) is 14.1. The van der Waals surface area contributed by atoms with E-state index in [0.717, 1.165) is 7.11 Å². The smallest absolute Gasteiger partial charge is 0.335 e. The molecule has 2 atom stereocenters. The molecule has 3 N–H and O–H groups in total. The molecule has 0 rings (SSSR count). The first kappa shape index (κ1) is 29.4. The lowest BCUT2D eigenvalue weighted by Crippen LogP contribution is -2.25. The molecular weight excluding hydrogens is 311 g/mol. The lowest BCUT2D eigenvalue weighted by molar-refractivity contribution is -0.156. The number of methoxy groups -OCH3 is 3. The monoisotopic (exact) mass is 337 g/mol. The molecule has 0 aliphatic heterocycles. The number of carbonyl (C=O) groups excluding carboxylic acids is 3. The Balaban J connectivity index is -0.000000138. The van der Waals surface area contributed by atoms with E-state index >= 15 is 0 Å². The normalized spacial score (nSPS) is 11.0. The molecule has 0 unspecified atom stereocenters. The predicted molar refractivity (Wildman–Crippen MR) is 81.5 cm³/mol. The minimum atomic E-state index is -1.42. The van der Waals surface area contributed by atoms with Gasteiger partial charge in [-0.1, -0.05) is 13.8 Å². The number of hydrogen-bond donors (Lipinski definition) is 3. The van der Waals surface area contributed by atoms with Gasteiger partial charge in [0.05, 0.1) is 46.9 Å². The molecule has 0 aromatic heterocycles. The molecule has 0 saturated heterocycles. The summed E-state index contributed by atoms with van der Waals surface area (Å²) in [7, 11) is 3.53. The molecule has 0 heterocycles. The van der Waals surface area contributed by atoms with Crippen LogP contribution in [0, 0.1) is 0 Å². The molecule has 135 valence electrons. The summed E-state index contributed by atoms with van der Waals surface area (Å²) >= 11 is 0. The predicted octanol–water partition coefficient (Wildman–Crippen LogP) is -1.37. The van der Waals surface area contributed by atoms with Crippen LogP contribution in [-0.4, -0.2) is 81.8 Å². The summed E-state index contributed by atoms with van der Waals surface area (Å²) in [5.74, 6) is -2.00. The lowest BCUT2D eigenvalue weighted by atomic mass is 10.2. The number of rotatable bonds is 6. The van der Waals surface area contributed by atoms with Gasteiger partial charge < -0.3 is 29.5 Å². The molecule has 23 heavy (non-hydrogen) atoms. The van der Waals surface area contributed by atoms with Crippen LogP contribution in [0.3, 0.4) is 0 Å². The van der Waals surface area contributed by atoms with Crippen molar-refractivity contribution in [2.75, 3.05) is 27.9 Å². The first-order valence-electron chi connectivity index (χ1n) is 6.50. The Hall–Kier alpha value is -1.65. The van der Waals surface area contributed by atoms with Gasteiger partial charge in [0.2, 0.25) is 0 Å². The highest BCUT2D eigenvalue weighted by Gasteiger charge is 2.19. The van der Waals surface area contributed by atoms with E-state index in [1.807, 2.05) is 13.8 Å². The zero-order valence-corrected chi connectivity index (χ0v) is 14.1. The van der Waals surface area contributed by atoms with Crippen molar-refractivity contribution < 1.29 is 43.9 Å². The molecule has 0 fully saturated rings. The largest absolute Gasteiger partial charge is 0.469 e. The van der Waals surface area contributed by atoms with Crippen LogP contribution >= 0.6 is 0 Å². The van der Waals surface area contributed by atoms with Gasteiger partial charge in [0.25, 0.3) is 0 Å². The standard InChI is InChI=1S/C6H10O5.C5H10O4.C2H6.B/c1-10-5(8)3-4(7)6(9)11-2;1-9-5(8)2-4(7)3-6;1-2;/h4,7H,3H2,1-2H3;4,6-7H,2-3H2,1H3;1-2H3;/t2*4-;;/m00../s1. The Labute approximate surface area is 138 Å². The molecular formula is C13H26BO9. The van der Waals surface area contributed by atoms with E-state index in [1.54, 1.807) is 0 Å². The molecule has 0 amide bonds. The third-order valence-electron chi connectivity index (χ3n) is 1.90. The molecule has 0 aromatic carbocycles. The number of hydrogen-bond acceptors (Lipinski definition) is 9. The molecule has 0 spiro atoms. The summed E-state index contributed by atoms with van der Waals surface area (Å²) in [6, 6.07) is 0. The summed E-state index contributed by atoms with van der Waals surface area (Å²) < 4.78 is 12.6. The highest BCUT2D eigenvalue weighted by molar-refractivity contribution is 5.81. The molecule has 0 aromatic rings. The lowest BCUT2D eigenvalue weighted by Gasteiger charge is -2.05. The molecule has 9 nitrogen and oxygen atoms in total. The van der Waals surface area contributed by atoms with Gasteiger partial charge in [-0.15, -0.1) is 0 Å². The average molecular weight is 337 g/mol. The second kappa shape index (κ2) is 20.4. The fourth-order valence-electron chi connectivity index (χ4n) is 0.801. The molecule has 0 aliphatic carbocycles. The maximum atomic E-state index is 10.5. The third kappa shape index (κ3) is 20.4. The van der Waals surface area contributed by atoms with E-state index in [9.17, 15) is 14.4 Å². The Morgan fingerprint density at radius 3 is 1.57 bits per heavy atom. The van der Waals surface area contributed by atoms with Crippen LogP contribution in [0.25, 0.3) is 0 Å². The van der Waals surface area contributed by atoms with Gasteiger partial charge in [-0.3, -0.25) is 9.59 Å². The van der Waals surface area contributed by atoms with Gasteiger partial charge in [-0.2, -0.15) is 0 Å². The van der Waals surface area contributed by atoms with Crippen LogP contribution in [0.2, 0.25) is 0 Å². The first-order valence-corrected chi connectivity index (χ1v) is 6.50. The number of aliphatic hydroxyl groups is 3. The van der Waals surface area contributed by atoms with Gasteiger partial charge in [0, 0.05) is 8.41 Å². The van der Waals surface area contributed by atoms with Crippen molar-refractivity contribution in [1.29, 1.82) is 0 Å². The number of carbonyl (C=O) groups is 3. The second-order valence-corrected chi connectivity index (χ2v) is 3.44. The molecule has 0 bridgehead atoms. The van der Waals surface area contributed by atoms with Crippen LogP contribution in [0.4, 0.5) is 0 Å². The minimum Gasteiger partial charge on any atom is -0.469 e. The van der Waals surface area contributed by atoms with Gasteiger partial charge >= 0.3 is 17.9 Å². The minimum absolute atomic E-state index is 0. The van der Waals surface area contributed by atoms with E-state index < -0.39 is 36.7 Å². The highest BCUT2D eigenvalue weighted by Crippen LogP contribution is 1.95. The first-order chi connectivity index (χ1) is 10.3. The van der Waals surface area contributed by atoms with Crippen molar-refractivity contribution in [3.8, 4) is 0 Å². The van der Waals surface area contributed by atoms with Crippen LogP contribution in [-0.2, 0) is 28.6 Å². The van der Waals surface area contributed by atoms with E-state index in [4.69, 9.17) is 15.3 Å². The van der Waals surface area contributed by atoms with Crippen molar-refractivity contribution in [2.24, 2.45) is 0 Å². The van der Waals surface area contributed by atoms with Crippen molar-refractivity contribution in [2.45, 2.75) is 38.9 Å². The van der Waals surface area contributed by atoms with Gasteiger partial charge in [-0.25, -0.2) is 4.79 Å². The maximum absolute atomic E-state index is 10.5. The molecule has 3 radical (unpaired) electrons. The third-order valence-corrected chi connectivity index (χ3v) is 1.90. The van der Waals surface area contributed by atoms with Gasteiger partial charge in [0.15, 0.2) is 6.10 Å². The Bertz CT molecular complexity index is 310. The van der Waals surface area contributed by atoms with Crippen LogP contribution in [0.5, 0.6) is 0 Å². The second-order valence-electron chi connectivity index (χ2n) is 3.44. The highest BCUT2D eigenvalue weighted by atomic mass is 16.5. The summed E-state index contributed by atoms with van der Waals surface area (Å²) in [4.78, 5) is 31.2. The molecule has 10 heteroatoms. The van der Waals surface area contributed by atoms with Crippen molar-refractivity contribution in [3.05, 3.63) is 0 Å². The van der Waals surface area contributed by atoms with Crippen LogP contribution < -0.4 is 0 Å². The topological polar surface area (TPSA) is 140 Å². The quantitative estimate of drug-likeness (QED) is 0.304. The summed E-state index contributed by atoms with van der Waals surface area (Å²) in [5.41, 5.74) is 0. The Morgan fingerprint density at radius 2 is 1.26 bits per heavy atom. The fraction of sp³-hybridized carbons (Fsp3) is 0.769.